The van der Waals surface area contributed by atoms with Gasteiger partial charge in [-0.15, -0.1) is 0 Å². The van der Waals surface area contributed by atoms with Crippen molar-refractivity contribution in [3.05, 3.63) is 24.0 Å². The monoisotopic (exact) mass is 374 g/mol. The van der Waals surface area contributed by atoms with Crippen molar-refractivity contribution in [2.75, 3.05) is 26.2 Å². The molecule has 27 heavy (non-hydrogen) atoms. The molecule has 7 heteroatoms. The number of nitrogens with one attached hydrogen (secondary N) is 1. The van der Waals surface area contributed by atoms with Crippen molar-refractivity contribution in [3.63, 3.8) is 0 Å². The number of piperidine rings is 1. The van der Waals surface area contributed by atoms with Crippen LogP contribution in [0.15, 0.2) is 18.5 Å². The zero-order chi connectivity index (χ0) is 19.1. The second-order valence-corrected chi connectivity index (χ2v) is 7.53. The molecule has 0 aliphatic carbocycles. The predicted octanol–water partition coefficient (Wildman–Crippen LogP) is 1.75. The molecule has 2 aliphatic rings. The molecule has 2 amide bonds. The lowest BCUT2D eigenvalue weighted by Crippen LogP contribution is -2.38. The molecule has 1 N–H and O–H groups in total. The van der Waals surface area contributed by atoms with Crippen LogP contribution in [0.4, 0.5) is 0 Å². The highest BCUT2D eigenvalue weighted by Gasteiger charge is 2.22. The van der Waals surface area contributed by atoms with Crippen molar-refractivity contribution in [2.24, 2.45) is 13.0 Å². The van der Waals surface area contributed by atoms with Crippen LogP contribution in [0.3, 0.4) is 0 Å². The van der Waals surface area contributed by atoms with Crippen LogP contribution in [0.5, 0.6) is 0 Å². The highest BCUT2D eigenvalue weighted by atomic mass is 16.5. The van der Waals surface area contributed by atoms with Crippen molar-refractivity contribution < 1.29 is 14.3 Å². The first kappa shape index (κ1) is 19.6. The average molecular weight is 374 g/mol. The molecule has 3 heterocycles. The van der Waals surface area contributed by atoms with E-state index in [1.807, 2.05) is 18.1 Å². The largest absolute Gasteiger partial charge is 0.376 e. The third kappa shape index (κ3) is 6.20. The van der Waals surface area contributed by atoms with Crippen LogP contribution >= 0.6 is 0 Å². The number of carbonyl (C=O) groups excluding carboxylic acids is 2. The first-order valence-corrected chi connectivity index (χ1v) is 9.94. The molecular weight excluding hydrogens is 344 g/mol. The summed E-state index contributed by atoms with van der Waals surface area (Å²) in [5, 5.41) is 7.07. The van der Waals surface area contributed by atoms with E-state index in [2.05, 4.69) is 10.4 Å². The van der Waals surface area contributed by atoms with Gasteiger partial charge in [0, 0.05) is 57.5 Å². The van der Waals surface area contributed by atoms with Crippen molar-refractivity contribution >= 4 is 17.9 Å². The van der Waals surface area contributed by atoms with Gasteiger partial charge in [-0.25, -0.2) is 0 Å². The molecular formula is C20H30N4O3. The summed E-state index contributed by atoms with van der Waals surface area (Å²) in [6.07, 6.45) is 12.8. The number of aromatic nitrogens is 2. The van der Waals surface area contributed by atoms with Gasteiger partial charge in [-0.1, -0.05) is 0 Å². The quantitative estimate of drug-likeness (QED) is 0.738. The summed E-state index contributed by atoms with van der Waals surface area (Å²) in [5.74, 6) is 0.680. The number of hydrogen-bond donors (Lipinski definition) is 1. The molecule has 0 bridgehead atoms. The number of ether oxygens (including phenoxy) is 1. The lowest BCUT2D eigenvalue weighted by atomic mass is 9.92. The Labute approximate surface area is 160 Å². The van der Waals surface area contributed by atoms with Crippen molar-refractivity contribution in [1.82, 2.24) is 20.0 Å². The van der Waals surface area contributed by atoms with E-state index in [-0.39, 0.29) is 17.9 Å². The zero-order valence-corrected chi connectivity index (χ0v) is 16.1. The first-order chi connectivity index (χ1) is 13.1. The highest BCUT2D eigenvalue weighted by Crippen LogP contribution is 2.22. The van der Waals surface area contributed by atoms with Crippen molar-refractivity contribution in [1.29, 1.82) is 0 Å². The number of nitrogens with zero attached hydrogens (tertiary/aromatic N) is 3. The number of carbonyl (C=O) groups is 2. The van der Waals surface area contributed by atoms with E-state index >= 15 is 0 Å². The number of aryl methyl sites for hydroxylation is 1. The molecule has 148 valence electrons. The Morgan fingerprint density at radius 2 is 2.15 bits per heavy atom. The number of likely N-dealkylation sites (tertiary alicyclic amines) is 1. The van der Waals surface area contributed by atoms with E-state index < -0.39 is 0 Å². The first-order valence-electron chi connectivity index (χ1n) is 9.94. The summed E-state index contributed by atoms with van der Waals surface area (Å²) in [6.45, 7) is 2.97. The Bertz CT molecular complexity index is 656. The second-order valence-electron chi connectivity index (χ2n) is 7.53. The maximum absolute atomic E-state index is 12.3. The molecule has 2 fully saturated rings. The van der Waals surface area contributed by atoms with Gasteiger partial charge in [0.15, 0.2) is 0 Å². The Kier molecular flexibility index (Phi) is 7.04. The minimum absolute atomic E-state index is 0.0478. The molecule has 0 spiro atoms. The number of hydrogen-bond acceptors (Lipinski definition) is 4. The normalized spacial score (nSPS) is 21.1. The summed E-state index contributed by atoms with van der Waals surface area (Å²) < 4.78 is 7.23. The summed E-state index contributed by atoms with van der Waals surface area (Å²) in [4.78, 5) is 26.2. The molecule has 0 radical (unpaired) electrons. The van der Waals surface area contributed by atoms with Gasteiger partial charge in [0.25, 0.3) is 0 Å². The lowest BCUT2D eigenvalue weighted by Gasteiger charge is -2.31. The van der Waals surface area contributed by atoms with Crippen LogP contribution in [-0.4, -0.2) is 58.8 Å². The third-order valence-electron chi connectivity index (χ3n) is 5.40. The SMILES string of the molecule is Cn1cc(/C=C/C(=O)N2CCC(CCC(=O)NCC3CCCO3)CC2)cn1. The summed E-state index contributed by atoms with van der Waals surface area (Å²) >= 11 is 0. The van der Waals surface area contributed by atoms with Gasteiger partial charge in [0.1, 0.15) is 0 Å². The molecule has 0 saturated carbocycles. The van der Waals surface area contributed by atoms with Crippen molar-refractivity contribution in [2.45, 2.75) is 44.6 Å². The molecule has 1 aromatic rings. The zero-order valence-electron chi connectivity index (χ0n) is 16.1. The van der Waals surface area contributed by atoms with Crippen molar-refractivity contribution in [3.8, 4) is 0 Å². The molecule has 3 rings (SSSR count). The van der Waals surface area contributed by atoms with Crippen LogP contribution in [0.25, 0.3) is 6.08 Å². The molecule has 0 aromatic carbocycles. The molecule has 7 nitrogen and oxygen atoms in total. The fraction of sp³-hybridized carbons (Fsp3) is 0.650. The van der Waals surface area contributed by atoms with Crippen LogP contribution in [0.2, 0.25) is 0 Å². The van der Waals surface area contributed by atoms with E-state index in [0.717, 1.165) is 57.4 Å². The van der Waals surface area contributed by atoms with Gasteiger partial charge in [-0.05, 0) is 44.1 Å². The Morgan fingerprint density at radius 3 is 2.81 bits per heavy atom. The summed E-state index contributed by atoms with van der Waals surface area (Å²) in [5.41, 5.74) is 0.926. The fourth-order valence-electron chi connectivity index (χ4n) is 3.70. The molecule has 2 saturated heterocycles. The molecule has 2 aliphatic heterocycles. The Balaban J connectivity index is 1.31. The average Bonchev–Trinajstić information content (AvgIpc) is 3.34. The number of amides is 2. The van der Waals surface area contributed by atoms with Gasteiger partial charge < -0.3 is 15.0 Å². The maximum atomic E-state index is 12.3. The van der Waals surface area contributed by atoms with Gasteiger partial charge >= 0.3 is 0 Å². The standard InChI is InChI=1S/C20H30N4O3/c1-23-15-17(13-22-23)5-7-20(26)24-10-8-16(9-11-24)4-6-19(25)21-14-18-3-2-12-27-18/h5,7,13,15-16,18H,2-4,6,8-12,14H2,1H3,(H,21,25)/b7-5+. The predicted molar refractivity (Wildman–Crippen MR) is 103 cm³/mol. The van der Waals surface area contributed by atoms with E-state index in [4.69, 9.17) is 4.74 Å². The van der Waals surface area contributed by atoms with E-state index in [0.29, 0.717) is 18.9 Å². The highest BCUT2D eigenvalue weighted by molar-refractivity contribution is 5.91. The van der Waals surface area contributed by atoms with E-state index in [1.54, 1.807) is 23.0 Å². The molecule has 1 unspecified atom stereocenters. The smallest absolute Gasteiger partial charge is 0.246 e. The van der Waals surface area contributed by atoms with Crippen LogP contribution < -0.4 is 5.32 Å². The van der Waals surface area contributed by atoms with Gasteiger partial charge in [-0.2, -0.15) is 5.10 Å². The Morgan fingerprint density at radius 1 is 1.33 bits per heavy atom. The topological polar surface area (TPSA) is 76.5 Å². The van der Waals surface area contributed by atoms with Gasteiger partial charge in [0.2, 0.25) is 11.8 Å². The molecule has 1 atom stereocenters. The minimum Gasteiger partial charge on any atom is -0.376 e. The summed E-state index contributed by atoms with van der Waals surface area (Å²) in [6, 6.07) is 0. The van der Waals surface area contributed by atoms with Gasteiger partial charge in [0.05, 0.1) is 12.3 Å². The van der Waals surface area contributed by atoms with Gasteiger partial charge in [-0.3, -0.25) is 14.3 Å². The molecule has 1 aromatic heterocycles. The van der Waals surface area contributed by atoms with Crippen LogP contribution in [-0.2, 0) is 21.4 Å². The van der Waals surface area contributed by atoms with Crippen LogP contribution in [0, 0.1) is 5.92 Å². The lowest BCUT2D eigenvalue weighted by molar-refractivity contribution is -0.127. The Hall–Kier alpha value is -2.15. The minimum atomic E-state index is 0.0478. The number of rotatable bonds is 7. The fourth-order valence-corrected chi connectivity index (χ4v) is 3.70. The van der Waals surface area contributed by atoms with Crippen LogP contribution in [0.1, 0.15) is 44.1 Å². The van der Waals surface area contributed by atoms with E-state index in [1.165, 1.54) is 0 Å². The maximum Gasteiger partial charge on any atom is 0.246 e. The summed E-state index contributed by atoms with van der Waals surface area (Å²) in [7, 11) is 1.85. The second kappa shape index (κ2) is 9.69. The third-order valence-corrected chi connectivity index (χ3v) is 5.40. The van der Waals surface area contributed by atoms with E-state index in [9.17, 15) is 9.59 Å².